The molecule has 0 aliphatic carbocycles. The summed E-state index contributed by atoms with van der Waals surface area (Å²) in [6.07, 6.45) is 0. The van der Waals surface area contributed by atoms with Gasteiger partial charge < -0.3 is 0 Å². The minimum absolute atomic E-state index is 0. The Morgan fingerprint density at radius 2 is 1.75 bits per heavy atom. The maximum atomic E-state index is 3.13. The van der Waals surface area contributed by atoms with Crippen molar-refractivity contribution >= 4 is 65.8 Å². The Labute approximate surface area is 68.2 Å². The van der Waals surface area contributed by atoms with Crippen LogP contribution in [0.2, 0.25) is 0 Å². The number of alkyl halides is 2. The summed E-state index contributed by atoms with van der Waals surface area (Å²) in [5.41, 5.74) is 0. The molecule has 0 atom stereocenters. The van der Waals surface area contributed by atoms with Gasteiger partial charge in [0.25, 0.3) is 0 Å². The average molecular weight is 430 g/mol. The molecular weight excluding hydrogens is 426 g/mol. The van der Waals surface area contributed by atoms with Gasteiger partial charge in [-0.3, -0.25) is 0 Å². The molecule has 0 aliphatic heterocycles. The Balaban J connectivity index is 0. The fraction of sp³-hybridized carbons (Fsp3) is 1.00. The molecule has 0 rings (SSSR count). The summed E-state index contributed by atoms with van der Waals surface area (Å²) in [5, 5.41) is 0. The number of hydrogen-bond donors (Lipinski definition) is 0. The molecule has 0 aromatic carbocycles. The maximum absolute atomic E-state index is 3.13. The van der Waals surface area contributed by atoms with Crippen LogP contribution < -0.4 is 0 Å². The molecule has 0 saturated carbocycles. The predicted octanol–water partition coefficient (Wildman–Crippen LogP) is 0.858. The van der Waals surface area contributed by atoms with Crippen molar-refractivity contribution in [2.24, 2.45) is 0 Å². The Hall–Kier alpha value is 2.13. The van der Waals surface area contributed by atoms with Crippen LogP contribution >= 0.6 is 38.5 Å². The standard InChI is InChI=1S/CH2BrI.Pb.2H/c2-1-3;;;/h1H2;;;. The number of halogens is 2. The Bertz CT molecular complexity index is 8.00. The first kappa shape index (κ1) is 9.46. The van der Waals surface area contributed by atoms with Gasteiger partial charge in [0.05, 0.1) is 3.34 Å². The Morgan fingerprint density at radius 1 is 1.75 bits per heavy atom. The Morgan fingerprint density at radius 3 is 1.75 bits per heavy atom. The molecule has 0 unspecified atom stereocenters. The van der Waals surface area contributed by atoms with Crippen LogP contribution in [0.5, 0.6) is 0 Å². The van der Waals surface area contributed by atoms with Crippen LogP contribution in [0.15, 0.2) is 0 Å². The van der Waals surface area contributed by atoms with Gasteiger partial charge in [-0.1, -0.05) is 38.5 Å². The zero-order chi connectivity index (χ0) is 2.71. The molecule has 26 valence electrons. The third-order valence-corrected chi connectivity index (χ3v) is 0. The van der Waals surface area contributed by atoms with Crippen molar-refractivity contribution in [2.45, 2.75) is 0 Å². The molecule has 4 heavy (non-hydrogen) atoms. The minimum atomic E-state index is 0. The third-order valence-electron chi connectivity index (χ3n) is 0. The van der Waals surface area contributed by atoms with Crippen LogP contribution in [0.3, 0.4) is 0 Å². The first-order valence-corrected chi connectivity index (χ1v) is 3.18. The van der Waals surface area contributed by atoms with Gasteiger partial charge >= 0.3 is 27.3 Å². The van der Waals surface area contributed by atoms with Crippen molar-refractivity contribution in [3.63, 3.8) is 0 Å². The summed E-state index contributed by atoms with van der Waals surface area (Å²) in [7, 11) is 0. The molecule has 0 saturated heterocycles. The van der Waals surface area contributed by atoms with Crippen molar-refractivity contribution < 1.29 is 0 Å². The molecule has 0 aliphatic rings. The van der Waals surface area contributed by atoms with Crippen molar-refractivity contribution in [1.29, 1.82) is 0 Å². The van der Waals surface area contributed by atoms with Gasteiger partial charge in [-0.25, -0.2) is 0 Å². The van der Waals surface area contributed by atoms with Crippen LogP contribution in [0.1, 0.15) is 0 Å². The molecular formula is CH4BrIPb. The monoisotopic (exact) mass is 430 g/mol. The fourth-order valence-corrected chi connectivity index (χ4v) is 0. The fourth-order valence-electron chi connectivity index (χ4n) is 0. The molecule has 0 nitrogen and oxygen atoms in total. The summed E-state index contributed by atoms with van der Waals surface area (Å²) >= 11 is 5.34. The summed E-state index contributed by atoms with van der Waals surface area (Å²) in [5.74, 6) is 0. The summed E-state index contributed by atoms with van der Waals surface area (Å²) in [6.45, 7) is 0. The molecule has 0 heterocycles. The van der Waals surface area contributed by atoms with Crippen molar-refractivity contribution in [3.05, 3.63) is 0 Å². The van der Waals surface area contributed by atoms with E-state index in [9.17, 15) is 0 Å². The van der Waals surface area contributed by atoms with Crippen LogP contribution in [-0.4, -0.2) is 30.6 Å². The second kappa shape index (κ2) is 8.93. The topological polar surface area (TPSA) is 0 Å². The first-order valence-electron chi connectivity index (χ1n) is 0.535. The van der Waals surface area contributed by atoms with E-state index in [0.29, 0.717) is 0 Å². The van der Waals surface area contributed by atoms with Gasteiger partial charge in [0, 0.05) is 0 Å². The molecule has 2 radical (unpaired) electrons. The SMILES string of the molecule is BrCI.[PbH2]. The first-order chi connectivity index (χ1) is 1.41. The van der Waals surface area contributed by atoms with Gasteiger partial charge in [0.15, 0.2) is 0 Å². The summed E-state index contributed by atoms with van der Waals surface area (Å²) < 4.78 is 1.03. The van der Waals surface area contributed by atoms with E-state index in [-0.39, 0.29) is 27.3 Å². The molecule has 3 heteroatoms. The van der Waals surface area contributed by atoms with E-state index >= 15 is 0 Å². The van der Waals surface area contributed by atoms with E-state index in [0.717, 1.165) is 3.34 Å². The zero-order valence-corrected chi connectivity index (χ0v) is 11.4. The molecule has 0 spiro atoms. The van der Waals surface area contributed by atoms with Crippen LogP contribution in [0.4, 0.5) is 0 Å². The third kappa shape index (κ3) is 8.92. The molecule has 0 bridgehead atoms. The van der Waals surface area contributed by atoms with Crippen LogP contribution in [-0.2, 0) is 0 Å². The van der Waals surface area contributed by atoms with Crippen molar-refractivity contribution in [1.82, 2.24) is 0 Å². The molecule has 0 fully saturated rings. The van der Waals surface area contributed by atoms with E-state index in [2.05, 4.69) is 38.5 Å². The van der Waals surface area contributed by atoms with Crippen LogP contribution in [0, 0.1) is 0 Å². The van der Waals surface area contributed by atoms with E-state index in [4.69, 9.17) is 0 Å². The van der Waals surface area contributed by atoms with Gasteiger partial charge in [-0.15, -0.1) is 0 Å². The molecule has 0 amide bonds. The van der Waals surface area contributed by atoms with Gasteiger partial charge in [-0.05, 0) is 0 Å². The molecule has 0 aromatic rings. The quantitative estimate of drug-likeness (QED) is 0.304. The average Bonchev–Trinajstić information content (AvgIpc) is 0.918. The van der Waals surface area contributed by atoms with Crippen molar-refractivity contribution in [2.75, 3.05) is 3.34 Å². The van der Waals surface area contributed by atoms with E-state index in [1.807, 2.05) is 0 Å². The van der Waals surface area contributed by atoms with Crippen molar-refractivity contribution in [3.8, 4) is 0 Å². The summed E-state index contributed by atoms with van der Waals surface area (Å²) in [6, 6.07) is 0. The van der Waals surface area contributed by atoms with Gasteiger partial charge in [0.2, 0.25) is 0 Å². The normalized spacial score (nSPS) is 4.50. The van der Waals surface area contributed by atoms with Gasteiger partial charge in [-0.2, -0.15) is 0 Å². The van der Waals surface area contributed by atoms with Crippen LogP contribution in [0.25, 0.3) is 0 Å². The zero-order valence-electron chi connectivity index (χ0n) is 2.17. The van der Waals surface area contributed by atoms with E-state index < -0.39 is 0 Å². The predicted molar refractivity (Wildman–Crippen MR) is 36.4 cm³/mol. The molecule has 0 N–H and O–H groups in total. The number of hydrogen-bond acceptors (Lipinski definition) is 0. The summed E-state index contributed by atoms with van der Waals surface area (Å²) in [4.78, 5) is 0. The van der Waals surface area contributed by atoms with E-state index in [1.54, 1.807) is 0 Å². The Kier molecular flexibility index (Phi) is 21.1. The number of rotatable bonds is 0. The molecule has 0 aromatic heterocycles. The van der Waals surface area contributed by atoms with Gasteiger partial charge in [0.1, 0.15) is 0 Å². The van der Waals surface area contributed by atoms with E-state index in [1.165, 1.54) is 0 Å². The second-order valence-corrected chi connectivity index (χ2v) is 3.52. The second-order valence-electron chi connectivity index (χ2n) is 0.101.